The second-order valence-corrected chi connectivity index (χ2v) is 5.96. The predicted octanol–water partition coefficient (Wildman–Crippen LogP) is 4.45. The first-order valence-electron chi connectivity index (χ1n) is 7.14. The number of halogens is 3. The largest absolute Gasteiger partial charge is 0.416 e. The first-order valence-corrected chi connectivity index (χ1v) is 8.02. The standard InChI is InChI=1S/C16H17F3N2OS/c1-2-13(14-7-4-8-23-14)21-15(22)10-20-12-6-3-5-11(9-12)16(17,18)19/h3-9,13,20H,2,10H2,1H3,(H,21,22). The number of nitrogens with one attached hydrogen (secondary N) is 2. The normalized spacial score (nSPS) is 12.7. The molecule has 124 valence electrons. The Balaban J connectivity index is 1.92. The third-order valence-electron chi connectivity index (χ3n) is 3.27. The summed E-state index contributed by atoms with van der Waals surface area (Å²) >= 11 is 1.56. The van der Waals surface area contributed by atoms with Crippen molar-refractivity contribution in [3.8, 4) is 0 Å². The summed E-state index contributed by atoms with van der Waals surface area (Å²) in [5.74, 6) is -0.261. The van der Waals surface area contributed by atoms with Gasteiger partial charge in [0.15, 0.2) is 0 Å². The molecule has 0 spiro atoms. The monoisotopic (exact) mass is 342 g/mol. The Hall–Kier alpha value is -2.02. The molecule has 3 nitrogen and oxygen atoms in total. The molecule has 1 unspecified atom stereocenters. The van der Waals surface area contributed by atoms with Crippen LogP contribution < -0.4 is 10.6 Å². The summed E-state index contributed by atoms with van der Waals surface area (Å²) in [5, 5.41) is 7.53. The van der Waals surface area contributed by atoms with Crippen molar-refractivity contribution in [1.29, 1.82) is 0 Å². The zero-order chi connectivity index (χ0) is 16.9. The van der Waals surface area contributed by atoms with Crippen molar-refractivity contribution in [1.82, 2.24) is 5.32 Å². The number of carbonyl (C=O) groups is 1. The highest BCUT2D eigenvalue weighted by molar-refractivity contribution is 7.10. The van der Waals surface area contributed by atoms with Gasteiger partial charge >= 0.3 is 6.18 Å². The zero-order valence-electron chi connectivity index (χ0n) is 12.5. The Kier molecular flexibility index (Phi) is 5.65. The van der Waals surface area contributed by atoms with Crippen LogP contribution >= 0.6 is 11.3 Å². The fraction of sp³-hybridized carbons (Fsp3) is 0.312. The van der Waals surface area contributed by atoms with E-state index in [1.807, 2.05) is 24.4 Å². The van der Waals surface area contributed by atoms with Gasteiger partial charge in [-0.3, -0.25) is 4.79 Å². The van der Waals surface area contributed by atoms with Crippen molar-refractivity contribution in [2.75, 3.05) is 11.9 Å². The molecule has 0 radical (unpaired) electrons. The van der Waals surface area contributed by atoms with E-state index in [4.69, 9.17) is 0 Å². The summed E-state index contributed by atoms with van der Waals surface area (Å²) in [7, 11) is 0. The lowest BCUT2D eigenvalue weighted by atomic mass is 10.2. The summed E-state index contributed by atoms with van der Waals surface area (Å²) in [5.41, 5.74) is -0.480. The number of carbonyl (C=O) groups excluding carboxylic acids is 1. The third kappa shape index (κ3) is 4.99. The van der Waals surface area contributed by atoms with Gasteiger partial charge in [0.05, 0.1) is 18.2 Å². The van der Waals surface area contributed by atoms with E-state index in [0.29, 0.717) is 0 Å². The topological polar surface area (TPSA) is 41.1 Å². The van der Waals surface area contributed by atoms with Crippen LogP contribution in [-0.4, -0.2) is 12.5 Å². The molecule has 0 saturated heterocycles. The molecule has 0 saturated carbocycles. The molecule has 1 amide bonds. The molecule has 1 heterocycles. The average Bonchev–Trinajstić information content (AvgIpc) is 3.04. The van der Waals surface area contributed by atoms with Crippen LogP contribution in [-0.2, 0) is 11.0 Å². The first kappa shape index (κ1) is 17.3. The lowest BCUT2D eigenvalue weighted by Crippen LogP contribution is -2.32. The molecule has 1 atom stereocenters. The molecule has 0 aliphatic carbocycles. The van der Waals surface area contributed by atoms with Crippen LogP contribution in [0.5, 0.6) is 0 Å². The van der Waals surface area contributed by atoms with Crippen LogP contribution in [0, 0.1) is 0 Å². The van der Waals surface area contributed by atoms with Crippen molar-refractivity contribution in [3.05, 3.63) is 52.2 Å². The number of thiophene rings is 1. The molecular weight excluding hydrogens is 325 g/mol. The van der Waals surface area contributed by atoms with Gasteiger partial charge < -0.3 is 10.6 Å². The van der Waals surface area contributed by atoms with Crippen LogP contribution in [0.3, 0.4) is 0 Å². The van der Waals surface area contributed by atoms with Gasteiger partial charge in [0.1, 0.15) is 0 Å². The number of hydrogen-bond acceptors (Lipinski definition) is 3. The van der Waals surface area contributed by atoms with Crippen LogP contribution in [0.2, 0.25) is 0 Å². The van der Waals surface area contributed by atoms with E-state index in [2.05, 4.69) is 10.6 Å². The smallest absolute Gasteiger partial charge is 0.376 e. The van der Waals surface area contributed by atoms with E-state index in [1.54, 1.807) is 11.3 Å². The maximum atomic E-state index is 12.6. The maximum Gasteiger partial charge on any atom is 0.416 e. The van der Waals surface area contributed by atoms with Gasteiger partial charge in [-0.15, -0.1) is 11.3 Å². The second kappa shape index (κ2) is 7.50. The van der Waals surface area contributed by atoms with E-state index in [9.17, 15) is 18.0 Å². The maximum absolute atomic E-state index is 12.6. The molecule has 23 heavy (non-hydrogen) atoms. The third-order valence-corrected chi connectivity index (χ3v) is 4.26. The minimum atomic E-state index is -4.40. The Morgan fingerprint density at radius 2 is 2.04 bits per heavy atom. The van der Waals surface area contributed by atoms with Gasteiger partial charge in [-0.05, 0) is 36.1 Å². The quantitative estimate of drug-likeness (QED) is 0.814. The Morgan fingerprint density at radius 3 is 2.65 bits per heavy atom. The number of rotatable bonds is 6. The Bertz CT molecular complexity index is 641. The number of alkyl halides is 3. The fourth-order valence-electron chi connectivity index (χ4n) is 2.10. The van der Waals surface area contributed by atoms with Gasteiger partial charge in [0.25, 0.3) is 0 Å². The molecule has 0 fully saturated rings. The minimum absolute atomic E-state index is 0.0780. The van der Waals surface area contributed by atoms with E-state index >= 15 is 0 Å². The molecule has 2 rings (SSSR count). The fourth-order valence-corrected chi connectivity index (χ4v) is 2.96. The van der Waals surface area contributed by atoms with Crippen molar-refractivity contribution >= 4 is 22.9 Å². The molecule has 1 aromatic carbocycles. The highest BCUT2D eigenvalue weighted by Gasteiger charge is 2.30. The van der Waals surface area contributed by atoms with Crippen LogP contribution in [0.25, 0.3) is 0 Å². The molecule has 1 aromatic heterocycles. The summed E-state index contributed by atoms with van der Waals surface area (Å²) < 4.78 is 37.9. The molecular formula is C16H17F3N2OS. The first-order chi connectivity index (χ1) is 10.9. The van der Waals surface area contributed by atoms with Crippen LogP contribution in [0.15, 0.2) is 41.8 Å². The lowest BCUT2D eigenvalue weighted by Gasteiger charge is -2.16. The van der Waals surface area contributed by atoms with Crippen LogP contribution in [0.1, 0.15) is 29.8 Å². The summed E-state index contributed by atoms with van der Waals surface area (Å²) in [6.45, 7) is 1.88. The van der Waals surface area contributed by atoms with Gasteiger partial charge in [-0.2, -0.15) is 13.2 Å². The SMILES string of the molecule is CCC(NC(=O)CNc1cccc(C(F)(F)F)c1)c1cccs1. The van der Waals surface area contributed by atoms with Crippen molar-refractivity contribution in [2.45, 2.75) is 25.6 Å². The number of benzene rings is 1. The van der Waals surface area contributed by atoms with E-state index in [0.717, 1.165) is 23.4 Å². The van der Waals surface area contributed by atoms with E-state index in [1.165, 1.54) is 12.1 Å². The van der Waals surface area contributed by atoms with E-state index < -0.39 is 11.7 Å². The lowest BCUT2D eigenvalue weighted by molar-refractivity contribution is -0.137. The Morgan fingerprint density at radius 1 is 1.26 bits per heavy atom. The molecule has 0 aliphatic heterocycles. The number of amides is 1. The second-order valence-electron chi connectivity index (χ2n) is 4.98. The Labute approximate surface area is 136 Å². The van der Waals surface area contributed by atoms with Gasteiger partial charge in [0.2, 0.25) is 5.91 Å². The highest BCUT2D eigenvalue weighted by Crippen LogP contribution is 2.30. The highest BCUT2D eigenvalue weighted by atomic mass is 32.1. The molecule has 0 bridgehead atoms. The summed E-state index contributed by atoms with van der Waals surface area (Å²) in [4.78, 5) is 13.0. The molecule has 2 N–H and O–H groups in total. The predicted molar refractivity (Wildman–Crippen MR) is 85.4 cm³/mol. The van der Waals surface area contributed by atoms with Crippen molar-refractivity contribution in [2.24, 2.45) is 0 Å². The molecule has 2 aromatic rings. The number of anilines is 1. The van der Waals surface area contributed by atoms with Crippen molar-refractivity contribution < 1.29 is 18.0 Å². The average molecular weight is 342 g/mol. The van der Waals surface area contributed by atoms with Gasteiger partial charge in [0, 0.05) is 10.6 Å². The molecule has 0 aliphatic rings. The van der Waals surface area contributed by atoms with Crippen LogP contribution in [0.4, 0.5) is 18.9 Å². The van der Waals surface area contributed by atoms with Crippen molar-refractivity contribution in [3.63, 3.8) is 0 Å². The zero-order valence-corrected chi connectivity index (χ0v) is 13.3. The summed E-state index contributed by atoms with van der Waals surface area (Å²) in [6, 6.07) is 8.57. The van der Waals surface area contributed by atoms with Gasteiger partial charge in [-0.1, -0.05) is 19.1 Å². The number of hydrogen-bond donors (Lipinski definition) is 2. The molecule has 7 heteroatoms. The van der Waals surface area contributed by atoms with Gasteiger partial charge in [-0.25, -0.2) is 0 Å². The van der Waals surface area contributed by atoms with E-state index in [-0.39, 0.29) is 24.2 Å². The minimum Gasteiger partial charge on any atom is -0.376 e. The summed E-state index contributed by atoms with van der Waals surface area (Å²) in [6.07, 6.45) is -3.65.